The molecule has 3 aromatic heterocycles. The first kappa shape index (κ1) is 11.6. The highest BCUT2D eigenvalue weighted by molar-refractivity contribution is 5.72. The first-order chi connectivity index (χ1) is 9.16. The van der Waals surface area contributed by atoms with E-state index in [9.17, 15) is 4.79 Å². The maximum absolute atomic E-state index is 12.3. The summed E-state index contributed by atoms with van der Waals surface area (Å²) in [7, 11) is 0. The second-order valence-corrected chi connectivity index (χ2v) is 4.35. The van der Waals surface area contributed by atoms with Crippen LogP contribution in [0.25, 0.3) is 11.0 Å². The Morgan fingerprint density at radius 3 is 2.89 bits per heavy atom. The summed E-state index contributed by atoms with van der Waals surface area (Å²) < 4.78 is 6.63. The number of aromatic nitrogens is 4. The van der Waals surface area contributed by atoms with Crippen LogP contribution in [0.1, 0.15) is 17.0 Å². The molecule has 0 aromatic carbocycles. The third-order valence-electron chi connectivity index (χ3n) is 3.11. The molecule has 0 atom stereocenters. The van der Waals surface area contributed by atoms with Gasteiger partial charge in [0.2, 0.25) is 0 Å². The zero-order valence-corrected chi connectivity index (χ0v) is 10.6. The highest BCUT2D eigenvalue weighted by atomic mass is 16.5. The minimum absolute atomic E-state index is 0.113. The molecular formula is C13H12N4O2. The summed E-state index contributed by atoms with van der Waals surface area (Å²) in [6.45, 7) is 4.08. The van der Waals surface area contributed by atoms with Gasteiger partial charge in [0.15, 0.2) is 5.65 Å². The molecule has 3 rings (SSSR count). The van der Waals surface area contributed by atoms with Crippen LogP contribution in [0.15, 0.2) is 34.0 Å². The van der Waals surface area contributed by atoms with Gasteiger partial charge in [-0.2, -0.15) is 0 Å². The minimum Gasteiger partial charge on any atom is -0.361 e. The molecule has 3 aromatic rings. The maximum atomic E-state index is 12.3. The summed E-state index contributed by atoms with van der Waals surface area (Å²) in [4.78, 5) is 20.6. The molecule has 0 amide bonds. The van der Waals surface area contributed by atoms with E-state index in [-0.39, 0.29) is 5.56 Å². The fraction of sp³-hybridized carbons (Fsp3) is 0.231. The molecule has 0 aliphatic carbocycles. The van der Waals surface area contributed by atoms with E-state index < -0.39 is 0 Å². The van der Waals surface area contributed by atoms with Crippen LogP contribution in [-0.4, -0.2) is 19.7 Å². The molecule has 6 heteroatoms. The average Bonchev–Trinajstić information content (AvgIpc) is 2.74. The average molecular weight is 256 g/mol. The summed E-state index contributed by atoms with van der Waals surface area (Å²) in [6.07, 6.45) is 3.12. The van der Waals surface area contributed by atoms with Gasteiger partial charge in [-0.05, 0) is 26.0 Å². The standard InChI is InChI=1S/C13H12N4O2/c1-8-11(9(2)19-16-8)6-17-7-15-12-10(13(17)18)4-3-5-14-12/h3-5,7H,6H2,1-2H3. The normalized spacial score (nSPS) is 11.1. The van der Waals surface area contributed by atoms with E-state index in [2.05, 4.69) is 15.1 Å². The Hall–Kier alpha value is -2.50. The highest BCUT2D eigenvalue weighted by Crippen LogP contribution is 2.13. The molecule has 0 saturated carbocycles. The smallest absolute Gasteiger partial charge is 0.263 e. The van der Waals surface area contributed by atoms with Crippen molar-refractivity contribution < 1.29 is 4.52 Å². The lowest BCUT2D eigenvalue weighted by molar-refractivity contribution is 0.392. The fourth-order valence-corrected chi connectivity index (χ4v) is 2.01. The minimum atomic E-state index is -0.113. The number of fused-ring (bicyclic) bond motifs is 1. The van der Waals surface area contributed by atoms with E-state index in [1.165, 1.54) is 10.9 Å². The van der Waals surface area contributed by atoms with Crippen LogP contribution in [0.2, 0.25) is 0 Å². The second kappa shape index (κ2) is 4.31. The molecular weight excluding hydrogens is 244 g/mol. The monoisotopic (exact) mass is 256 g/mol. The van der Waals surface area contributed by atoms with Gasteiger partial charge >= 0.3 is 0 Å². The van der Waals surface area contributed by atoms with Crippen molar-refractivity contribution in [3.63, 3.8) is 0 Å². The summed E-state index contributed by atoms with van der Waals surface area (Å²) in [5.74, 6) is 0.718. The van der Waals surface area contributed by atoms with Crippen LogP contribution < -0.4 is 5.56 Å². The number of nitrogens with zero attached hydrogens (tertiary/aromatic N) is 4. The first-order valence-electron chi connectivity index (χ1n) is 5.88. The zero-order valence-electron chi connectivity index (χ0n) is 10.6. The van der Waals surface area contributed by atoms with Crippen LogP contribution in [0, 0.1) is 13.8 Å². The van der Waals surface area contributed by atoms with Crippen LogP contribution in [0.3, 0.4) is 0 Å². The Bertz CT molecular complexity index is 784. The molecule has 0 N–H and O–H groups in total. The molecule has 0 radical (unpaired) electrons. The van der Waals surface area contributed by atoms with Gasteiger partial charge < -0.3 is 4.52 Å². The first-order valence-corrected chi connectivity index (χ1v) is 5.88. The van der Waals surface area contributed by atoms with Crippen LogP contribution >= 0.6 is 0 Å². The molecule has 0 spiro atoms. The summed E-state index contributed by atoms with van der Waals surface area (Å²) in [6, 6.07) is 3.45. The fourth-order valence-electron chi connectivity index (χ4n) is 2.01. The summed E-state index contributed by atoms with van der Waals surface area (Å²) in [5, 5.41) is 4.39. The van der Waals surface area contributed by atoms with Crippen molar-refractivity contribution in [3.05, 3.63) is 52.0 Å². The lowest BCUT2D eigenvalue weighted by atomic mass is 10.2. The molecule has 0 aliphatic heterocycles. The van der Waals surface area contributed by atoms with E-state index in [0.717, 1.165) is 17.0 Å². The molecule has 0 bridgehead atoms. The lowest BCUT2D eigenvalue weighted by Gasteiger charge is -2.05. The number of aryl methyl sites for hydroxylation is 2. The van der Waals surface area contributed by atoms with E-state index in [4.69, 9.17) is 4.52 Å². The van der Waals surface area contributed by atoms with Crippen molar-refractivity contribution in [2.45, 2.75) is 20.4 Å². The molecule has 6 nitrogen and oxygen atoms in total. The van der Waals surface area contributed by atoms with E-state index in [1.54, 1.807) is 18.3 Å². The number of pyridine rings is 1. The van der Waals surface area contributed by atoms with Crippen molar-refractivity contribution in [2.24, 2.45) is 0 Å². The molecule has 0 aliphatic rings. The maximum Gasteiger partial charge on any atom is 0.263 e. The molecule has 0 fully saturated rings. The lowest BCUT2D eigenvalue weighted by Crippen LogP contribution is -2.21. The van der Waals surface area contributed by atoms with Gasteiger partial charge in [0.05, 0.1) is 17.6 Å². The molecule has 96 valence electrons. The molecule has 3 heterocycles. The predicted molar refractivity (Wildman–Crippen MR) is 68.9 cm³/mol. The highest BCUT2D eigenvalue weighted by Gasteiger charge is 2.11. The van der Waals surface area contributed by atoms with E-state index >= 15 is 0 Å². The van der Waals surface area contributed by atoms with Crippen molar-refractivity contribution in [1.29, 1.82) is 0 Å². The SMILES string of the molecule is Cc1noc(C)c1Cn1cnc2ncccc2c1=O. The topological polar surface area (TPSA) is 73.8 Å². The Labute approximate surface area is 108 Å². The zero-order chi connectivity index (χ0) is 13.4. The molecule has 19 heavy (non-hydrogen) atoms. The predicted octanol–water partition coefficient (Wildman–Crippen LogP) is 1.44. The van der Waals surface area contributed by atoms with Crippen LogP contribution in [-0.2, 0) is 6.54 Å². The Kier molecular flexibility index (Phi) is 2.63. The number of hydrogen-bond donors (Lipinski definition) is 0. The third kappa shape index (κ3) is 1.91. The quantitative estimate of drug-likeness (QED) is 0.693. The number of hydrogen-bond acceptors (Lipinski definition) is 5. The van der Waals surface area contributed by atoms with Gasteiger partial charge in [-0.3, -0.25) is 9.36 Å². The van der Waals surface area contributed by atoms with E-state index in [0.29, 0.717) is 17.6 Å². The van der Waals surface area contributed by atoms with Gasteiger partial charge in [0, 0.05) is 11.8 Å². The van der Waals surface area contributed by atoms with Crippen LogP contribution in [0.5, 0.6) is 0 Å². The Balaban J connectivity index is 2.12. The van der Waals surface area contributed by atoms with Gasteiger partial charge in [0.25, 0.3) is 5.56 Å². The van der Waals surface area contributed by atoms with Crippen molar-refractivity contribution in [1.82, 2.24) is 19.7 Å². The van der Waals surface area contributed by atoms with Crippen molar-refractivity contribution in [2.75, 3.05) is 0 Å². The van der Waals surface area contributed by atoms with Crippen molar-refractivity contribution >= 4 is 11.0 Å². The summed E-state index contributed by atoms with van der Waals surface area (Å²) >= 11 is 0. The van der Waals surface area contributed by atoms with Gasteiger partial charge in [0.1, 0.15) is 12.1 Å². The van der Waals surface area contributed by atoms with Gasteiger partial charge in [-0.1, -0.05) is 5.16 Å². The van der Waals surface area contributed by atoms with Crippen LogP contribution in [0.4, 0.5) is 0 Å². The van der Waals surface area contributed by atoms with Gasteiger partial charge in [-0.25, -0.2) is 9.97 Å². The second-order valence-electron chi connectivity index (χ2n) is 4.35. The third-order valence-corrected chi connectivity index (χ3v) is 3.11. The van der Waals surface area contributed by atoms with Gasteiger partial charge in [-0.15, -0.1) is 0 Å². The Morgan fingerprint density at radius 1 is 1.32 bits per heavy atom. The number of rotatable bonds is 2. The molecule has 0 unspecified atom stereocenters. The molecule has 0 saturated heterocycles. The van der Waals surface area contributed by atoms with Crippen molar-refractivity contribution in [3.8, 4) is 0 Å². The largest absolute Gasteiger partial charge is 0.361 e. The summed E-state index contributed by atoms with van der Waals surface area (Å²) in [5.41, 5.74) is 2.04. The Morgan fingerprint density at radius 2 is 2.16 bits per heavy atom. The van der Waals surface area contributed by atoms with E-state index in [1.807, 2.05) is 13.8 Å².